The minimum atomic E-state index is 0.454. The van der Waals surface area contributed by atoms with Gasteiger partial charge in [0.2, 0.25) is 0 Å². The van der Waals surface area contributed by atoms with Gasteiger partial charge in [0.1, 0.15) is 5.75 Å². The molecule has 1 atom stereocenters. The zero-order valence-electron chi connectivity index (χ0n) is 7.62. The highest BCUT2D eigenvalue weighted by molar-refractivity contribution is 7.99. The van der Waals surface area contributed by atoms with Crippen molar-refractivity contribution < 1.29 is 4.74 Å². The van der Waals surface area contributed by atoms with Crippen LogP contribution in [0.3, 0.4) is 0 Å². The minimum absolute atomic E-state index is 0.454. The Hall–Kier alpha value is -0.670. The van der Waals surface area contributed by atoms with E-state index in [4.69, 9.17) is 4.74 Å². The van der Waals surface area contributed by atoms with E-state index in [1.807, 2.05) is 23.9 Å². The van der Waals surface area contributed by atoms with Gasteiger partial charge in [0, 0.05) is 12.3 Å². The highest BCUT2D eigenvalue weighted by atomic mass is 32.2. The van der Waals surface area contributed by atoms with Crippen molar-refractivity contribution in [2.45, 2.75) is 5.37 Å². The summed E-state index contributed by atoms with van der Waals surface area (Å²) in [5.41, 5.74) is 1.31. The van der Waals surface area contributed by atoms with Gasteiger partial charge < -0.3 is 10.1 Å². The number of rotatable bonds is 2. The molecule has 1 fully saturated rings. The van der Waals surface area contributed by atoms with Gasteiger partial charge in [-0.05, 0) is 17.7 Å². The molecule has 2 rings (SSSR count). The summed E-state index contributed by atoms with van der Waals surface area (Å²) in [6.07, 6.45) is 0. The Bertz CT molecular complexity index is 284. The van der Waals surface area contributed by atoms with Crippen molar-refractivity contribution in [2.24, 2.45) is 0 Å². The van der Waals surface area contributed by atoms with Crippen LogP contribution in [0.2, 0.25) is 0 Å². The topological polar surface area (TPSA) is 21.3 Å². The Morgan fingerprint density at radius 2 is 2.46 bits per heavy atom. The highest BCUT2D eigenvalue weighted by Gasteiger charge is 2.16. The molecule has 70 valence electrons. The quantitative estimate of drug-likeness (QED) is 0.780. The molecule has 2 nitrogen and oxygen atoms in total. The first kappa shape index (κ1) is 8.91. The van der Waals surface area contributed by atoms with Gasteiger partial charge in [-0.25, -0.2) is 0 Å². The number of hydrogen-bond acceptors (Lipinski definition) is 3. The first-order valence-electron chi connectivity index (χ1n) is 4.39. The van der Waals surface area contributed by atoms with Crippen LogP contribution in [0, 0.1) is 0 Å². The van der Waals surface area contributed by atoms with E-state index >= 15 is 0 Å². The standard InChI is InChI=1S/C10H13NOS/c1-12-9-4-2-3-8(7-9)10-11-5-6-13-10/h2-4,7,10-11H,5-6H2,1H3. The molecule has 0 saturated carbocycles. The van der Waals surface area contributed by atoms with Gasteiger partial charge in [-0.15, -0.1) is 11.8 Å². The molecule has 3 heteroatoms. The number of ether oxygens (including phenoxy) is 1. The monoisotopic (exact) mass is 195 g/mol. The van der Waals surface area contributed by atoms with Crippen LogP contribution >= 0.6 is 11.8 Å². The molecule has 1 unspecified atom stereocenters. The Balaban J connectivity index is 2.18. The van der Waals surface area contributed by atoms with Gasteiger partial charge >= 0.3 is 0 Å². The second-order valence-corrected chi connectivity index (χ2v) is 4.19. The van der Waals surface area contributed by atoms with Gasteiger partial charge in [-0.2, -0.15) is 0 Å². The van der Waals surface area contributed by atoms with Crippen LogP contribution in [-0.4, -0.2) is 19.4 Å². The lowest BCUT2D eigenvalue weighted by molar-refractivity contribution is 0.414. The fraction of sp³-hybridized carbons (Fsp3) is 0.400. The fourth-order valence-corrected chi connectivity index (χ4v) is 2.49. The molecule has 0 amide bonds. The van der Waals surface area contributed by atoms with E-state index in [1.165, 1.54) is 11.3 Å². The zero-order chi connectivity index (χ0) is 9.10. The molecule has 1 aliphatic rings. The molecular formula is C10H13NOS. The van der Waals surface area contributed by atoms with Crippen LogP contribution in [0.25, 0.3) is 0 Å². The fourth-order valence-electron chi connectivity index (χ4n) is 1.44. The van der Waals surface area contributed by atoms with Gasteiger partial charge in [0.25, 0.3) is 0 Å². The number of thioether (sulfide) groups is 1. The van der Waals surface area contributed by atoms with Crippen molar-refractivity contribution >= 4 is 11.8 Å². The zero-order valence-corrected chi connectivity index (χ0v) is 8.43. The number of benzene rings is 1. The van der Waals surface area contributed by atoms with E-state index in [0.717, 1.165) is 12.3 Å². The molecule has 1 aliphatic heterocycles. The summed E-state index contributed by atoms with van der Waals surface area (Å²) >= 11 is 1.95. The lowest BCUT2D eigenvalue weighted by atomic mass is 10.2. The summed E-state index contributed by atoms with van der Waals surface area (Å²) < 4.78 is 5.18. The Labute approximate surface area is 82.7 Å². The molecule has 0 aliphatic carbocycles. The molecule has 13 heavy (non-hydrogen) atoms. The molecule has 1 saturated heterocycles. The van der Waals surface area contributed by atoms with E-state index < -0.39 is 0 Å². The maximum atomic E-state index is 5.18. The lowest BCUT2D eigenvalue weighted by Crippen LogP contribution is -2.11. The number of nitrogens with one attached hydrogen (secondary N) is 1. The van der Waals surface area contributed by atoms with Gasteiger partial charge in [0.05, 0.1) is 12.5 Å². The van der Waals surface area contributed by atoms with E-state index in [2.05, 4.69) is 17.4 Å². The van der Waals surface area contributed by atoms with Crippen LogP contribution in [0.5, 0.6) is 5.75 Å². The minimum Gasteiger partial charge on any atom is -0.497 e. The third-order valence-corrected chi connectivity index (χ3v) is 3.32. The average molecular weight is 195 g/mol. The normalized spacial score (nSPS) is 21.8. The molecule has 0 aromatic heterocycles. The third kappa shape index (κ3) is 1.98. The van der Waals surface area contributed by atoms with E-state index in [9.17, 15) is 0 Å². The van der Waals surface area contributed by atoms with Crippen molar-refractivity contribution in [1.82, 2.24) is 5.32 Å². The van der Waals surface area contributed by atoms with Crippen molar-refractivity contribution in [1.29, 1.82) is 0 Å². The largest absolute Gasteiger partial charge is 0.497 e. The lowest BCUT2D eigenvalue weighted by Gasteiger charge is -2.10. The summed E-state index contributed by atoms with van der Waals surface area (Å²) in [4.78, 5) is 0. The first-order chi connectivity index (χ1) is 6.40. The maximum Gasteiger partial charge on any atom is 0.119 e. The highest BCUT2D eigenvalue weighted by Crippen LogP contribution is 2.31. The molecule has 1 N–H and O–H groups in total. The van der Waals surface area contributed by atoms with Gasteiger partial charge in [-0.3, -0.25) is 0 Å². The van der Waals surface area contributed by atoms with Crippen LogP contribution in [0.15, 0.2) is 24.3 Å². The summed E-state index contributed by atoms with van der Waals surface area (Å²) in [5, 5.41) is 3.89. The molecular weight excluding hydrogens is 182 g/mol. The van der Waals surface area contributed by atoms with Crippen molar-refractivity contribution in [3.63, 3.8) is 0 Å². The Morgan fingerprint density at radius 1 is 1.54 bits per heavy atom. The average Bonchev–Trinajstić information content (AvgIpc) is 2.71. The SMILES string of the molecule is COc1cccc(C2NCCS2)c1. The first-order valence-corrected chi connectivity index (χ1v) is 5.44. The maximum absolute atomic E-state index is 5.18. The van der Waals surface area contributed by atoms with E-state index in [0.29, 0.717) is 5.37 Å². The summed E-state index contributed by atoms with van der Waals surface area (Å²) in [6, 6.07) is 8.24. The molecule has 1 heterocycles. The predicted octanol–water partition coefficient (Wildman–Crippen LogP) is 2.03. The number of hydrogen-bond donors (Lipinski definition) is 1. The third-order valence-electron chi connectivity index (χ3n) is 2.11. The van der Waals surface area contributed by atoms with E-state index in [1.54, 1.807) is 7.11 Å². The smallest absolute Gasteiger partial charge is 0.119 e. The predicted molar refractivity (Wildman–Crippen MR) is 56.2 cm³/mol. The second-order valence-electron chi connectivity index (χ2n) is 2.98. The number of methoxy groups -OCH3 is 1. The van der Waals surface area contributed by atoms with Crippen molar-refractivity contribution in [2.75, 3.05) is 19.4 Å². The van der Waals surface area contributed by atoms with Crippen molar-refractivity contribution in [3.05, 3.63) is 29.8 Å². The van der Waals surface area contributed by atoms with Crippen LogP contribution in [-0.2, 0) is 0 Å². The van der Waals surface area contributed by atoms with Crippen LogP contribution in [0.1, 0.15) is 10.9 Å². The summed E-state index contributed by atoms with van der Waals surface area (Å²) in [5.74, 6) is 2.13. The molecule has 1 aromatic carbocycles. The molecule has 0 radical (unpaired) electrons. The van der Waals surface area contributed by atoms with Crippen LogP contribution in [0.4, 0.5) is 0 Å². The van der Waals surface area contributed by atoms with Gasteiger partial charge in [0.15, 0.2) is 0 Å². The molecule has 1 aromatic rings. The summed E-state index contributed by atoms with van der Waals surface area (Å²) in [7, 11) is 1.70. The summed E-state index contributed by atoms with van der Waals surface area (Å²) in [6.45, 7) is 1.10. The molecule has 0 spiro atoms. The Kier molecular flexibility index (Phi) is 2.76. The van der Waals surface area contributed by atoms with Crippen molar-refractivity contribution in [3.8, 4) is 5.75 Å². The van der Waals surface area contributed by atoms with Gasteiger partial charge in [-0.1, -0.05) is 12.1 Å². The van der Waals surface area contributed by atoms with Crippen LogP contribution < -0.4 is 10.1 Å². The van der Waals surface area contributed by atoms with E-state index in [-0.39, 0.29) is 0 Å². The molecule has 0 bridgehead atoms. The second kappa shape index (κ2) is 4.03. The Morgan fingerprint density at radius 3 is 3.15 bits per heavy atom.